The number of ether oxygens (including phenoxy) is 1. The third-order valence-corrected chi connectivity index (χ3v) is 6.91. The van der Waals surface area contributed by atoms with Crippen LogP contribution in [0.1, 0.15) is 56.1 Å². The molecule has 2 aromatic rings. The predicted molar refractivity (Wildman–Crippen MR) is 124 cm³/mol. The first-order chi connectivity index (χ1) is 15.9. The highest BCUT2D eigenvalue weighted by Crippen LogP contribution is 2.44. The van der Waals surface area contributed by atoms with E-state index in [1.54, 1.807) is 6.92 Å². The molecule has 2 amide bonds. The minimum atomic E-state index is -0.923. The number of nitrogens with one attached hydrogen (secondary N) is 2. The van der Waals surface area contributed by atoms with Crippen LogP contribution >= 0.6 is 0 Å². The lowest BCUT2D eigenvalue weighted by atomic mass is 9.74. The summed E-state index contributed by atoms with van der Waals surface area (Å²) >= 11 is 0. The van der Waals surface area contributed by atoms with Crippen molar-refractivity contribution >= 4 is 18.0 Å². The van der Waals surface area contributed by atoms with E-state index in [9.17, 15) is 14.4 Å². The van der Waals surface area contributed by atoms with Crippen molar-refractivity contribution < 1.29 is 24.2 Å². The third-order valence-electron chi connectivity index (χ3n) is 6.91. The van der Waals surface area contributed by atoms with Crippen LogP contribution in [-0.4, -0.2) is 41.8 Å². The van der Waals surface area contributed by atoms with Crippen molar-refractivity contribution in [1.82, 2.24) is 10.6 Å². The van der Waals surface area contributed by atoms with Crippen LogP contribution in [0.15, 0.2) is 48.5 Å². The maximum absolute atomic E-state index is 12.7. The van der Waals surface area contributed by atoms with Crippen LogP contribution in [0.2, 0.25) is 0 Å². The molecule has 2 aromatic carbocycles. The van der Waals surface area contributed by atoms with Crippen LogP contribution in [0.5, 0.6) is 0 Å². The number of fused-ring (bicyclic) bond motifs is 3. The molecule has 0 aliphatic heterocycles. The van der Waals surface area contributed by atoms with E-state index in [2.05, 4.69) is 34.9 Å². The SMILES string of the molecule is CCC(CNC(=O)CC1(NC(=O)OCC2c3ccccc3-c3ccccc32)CCC1)C(=O)O. The normalized spacial score (nSPS) is 16.6. The fourth-order valence-corrected chi connectivity index (χ4v) is 4.81. The summed E-state index contributed by atoms with van der Waals surface area (Å²) in [6.07, 6.45) is 2.35. The van der Waals surface area contributed by atoms with E-state index in [0.29, 0.717) is 19.3 Å². The summed E-state index contributed by atoms with van der Waals surface area (Å²) in [7, 11) is 0. The van der Waals surface area contributed by atoms with Crippen LogP contribution in [0, 0.1) is 5.92 Å². The summed E-state index contributed by atoms with van der Waals surface area (Å²) in [5.74, 6) is -1.81. The molecule has 1 atom stereocenters. The van der Waals surface area contributed by atoms with Crippen molar-refractivity contribution in [2.24, 2.45) is 5.92 Å². The number of carbonyl (C=O) groups excluding carboxylic acids is 2. The van der Waals surface area contributed by atoms with Crippen molar-refractivity contribution in [2.45, 2.75) is 50.5 Å². The van der Waals surface area contributed by atoms with E-state index in [0.717, 1.165) is 17.5 Å². The van der Waals surface area contributed by atoms with Gasteiger partial charge in [0.1, 0.15) is 6.61 Å². The first kappa shape index (κ1) is 22.8. The number of carbonyl (C=O) groups is 3. The smallest absolute Gasteiger partial charge is 0.407 e. The van der Waals surface area contributed by atoms with E-state index >= 15 is 0 Å². The highest BCUT2D eigenvalue weighted by atomic mass is 16.5. The molecule has 1 fully saturated rings. The van der Waals surface area contributed by atoms with E-state index in [1.165, 1.54) is 11.1 Å². The zero-order valence-electron chi connectivity index (χ0n) is 18.8. The molecule has 0 saturated heterocycles. The Bertz CT molecular complexity index is 1000. The van der Waals surface area contributed by atoms with E-state index in [1.807, 2.05) is 24.3 Å². The quantitative estimate of drug-likeness (QED) is 0.534. The summed E-state index contributed by atoms with van der Waals surface area (Å²) in [6.45, 7) is 2.09. The summed E-state index contributed by atoms with van der Waals surface area (Å²) in [5, 5.41) is 14.8. The molecule has 4 rings (SSSR count). The van der Waals surface area contributed by atoms with Gasteiger partial charge in [-0.2, -0.15) is 0 Å². The Morgan fingerprint density at radius 1 is 1.06 bits per heavy atom. The number of benzene rings is 2. The molecule has 7 nitrogen and oxygen atoms in total. The first-order valence-electron chi connectivity index (χ1n) is 11.5. The molecule has 33 heavy (non-hydrogen) atoms. The fraction of sp³-hybridized carbons (Fsp3) is 0.423. The molecule has 7 heteroatoms. The van der Waals surface area contributed by atoms with Gasteiger partial charge in [-0.05, 0) is 47.9 Å². The lowest BCUT2D eigenvalue weighted by molar-refractivity contribution is -0.141. The molecule has 1 unspecified atom stereocenters. The summed E-state index contributed by atoms with van der Waals surface area (Å²) in [6, 6.07) is 16.3. The fourth-order valence-electron chi connectivity index (χ4n) is 4.81. The van der Waals surface area contributed by atoms with Gasteiger partial charge in [0.15, 0.2) is 0 Å². The zero-order chi connectivity index (χ0) is 23.4. The standard InChI is InChI=1S/C26H30N2O5/c1-2-17(24(30)31)15-27-23(29)14-26(12-7-13-26)28-25(32)33-16-22-20-10-5-3-8-18(20)19-9-4-6-11-21(19)22/h3-6,8-11,17,22H,2,7,12-16H2,1H3,(H,27,29)(H,28,32)(H,30,31). The Kier molecular flexibility index (Phi) is 6.67. The van der Waals surface area contributed by atoms with Crippen molar-refractivity contribution in [1.29, 1.82) is 0 Å². The molecule has 3 N–H and O–H groups in total. The number of aliphatic carboxylic acids is 1. The zero-order valence-corrected chi connectivity index (χ0v) is 18.8. The van der Waals surface area contributed by atoms with Gasteiger partial charge in [0, 0.05) is 18.9 Å². The van der Waals surface area contributed by atoms with Crippen molar-refractivity contribution in [3.8, 4) is 11.1 Å². The molecule has 0 aromatic heterocycles. The van der Waals surface area contributed by atoms with E-state index in [-0.39, 0.29) is 31.4 Å². The van der Waals surface area contributed by atoms with Gasteiger partial charge in [-0.1, -0.05) is 55.5 Å². The van der Waals surface area contributed by atoms with Gasteiger partial charge < -0.3 is 20.5 Å². The summed E-state index contributed by atoms with van der Waals surface area (Å²) in [4.78, 5) is 36.2. The molecule has 1 saturated carbocycles. The van der Waals surface area contributed by atoms with Gasteiger partial charge in [-0.25, -0.2) is 4.79 Å². The van der Waals surface area contributed by atoms with Gasteiger partial charge in [0.05, 0.1) is 11.5 Å². The number of rotatable bonds is 9. The molecule has 0 radical (unpaired) electrons. The highest BCUT2D eigenvalue weighted by Gasteiger charge is 2.41. The van der Waals surface area contributed by atoms with Crippen molar-refractivity contribution in [2.75, 3.05) is 13.2 Å². The third kappa shape index (κ3) is 4.87. The Morgan fingerprint density at radius 3 is 2.18 bits per heavy atom. The number of alkyl carbamates (subject to hydrolysis) is 1. The van der Waals surface area contributed by atoms with E-state index < -0.39 is 23.5 Å². The Balaban J connectivity index is 1.34. The second-order valence-electron chi connectivity index (χ2n) is 9.01. The second-order valence-corrected chi connectivity index (χ2v) is 9.01. The number of carboxylic acid groups (broad SMARTS) is 1. The van der Waals surface area contributed by atoms with Gasteiger partial charge in [0.25, 0.3) is 0 Å². The van der Waals surface area contributed by atoms with Crippen molar-refractivity contribution in [3.05, 3.63) is 59.7 Å². The number of carboxylic acids is 1. The summed E-state index contributed by atoms with van der Waals surface area (Å²) in [5.41, 5.74) is 4.00. The number of hydrogen-bond acceptors (Lipinski definition) is 4. The number of amides is 2. The maximum atomic E-state index is 12.7. The van der Waals surface area contributed by atoms with Gasteiger partial charge in [-0.3, -0.25) is 9.59 Å². The van der Waals surface area contributed by atoms with Crippen molar-refractivity contribution in [3.63, 3.8) is 0 Å². The Labute approximate surface area is 193 Å². The molecule has 0 bridgehead atoms. The van der Waals surface area contributed by atoms with Gasteiger partial charge in [0.2, 0.25) is 5.91 Å². The molecular weight excluding hydrogens is 420 g/mol. The van der Waals surface area contributed by atoms with E-state index in [4.69, 9.17) is 9.84 Å². The predicted octanol–water partition coefficient (Wildman–Crippen LogP) is 4.06. The number of hydrogen-bond donors (Lipinski definition) is 3. The maximum Gasteiger partial charge on any atom is 0.407 e. The molecule has 2 aliphatic rings. The monoisotopic (exact) mass is 450 g/mol. The molecule has 174 valence electrons. The van der Waals surface area contributed by atoms with Crippen LogP contribution in [0.4, 0.5) is 4.79 Å². The second kappa shape index (κ2) is 9.65. The average Bonchev–Trinajstić information content (AvgIpc) is 3.10. The van der Waals surface area contributed by atoms with Crippen LogP contribution < -0.4 is 10.6 Å². The molecule has 0 spiro atoms. The van der Waals surface area contributed by atoms with Crippen LogP contribution in [-0.2, 0) is 14.3 Å². The van der Waals surface area contributed by atoms with Crippen LogP contribution in [0.3, 0.4) is 0 Å². The first-order valence-corrected chi connectivity index (χ1v) is 11.5. The topological polar surface area (TPSA) is 105 Å². The molecular formula is C26H30N2O5. The van der Waals surface area contributed by atoms with Gasteiger partial charge in [-0.15, -0.1) is 0 Å². The average molecular weight is 451 g/mol. The minimum Gasteiger partial charge on any atom is -0.481 e. The Hall–Kier alpha value is -3.35. The highest BCUT2D eigenvalue weighted by molar-refractivity contribution is 5.81. The molecule has 2 aliphatic carbocycles. The molecule has 0 heterocycles. The largest absolute Gasteiger partial charge is 0.481 e. The lowest BCUT2D eigenvalue weighted by Crippen LogP contribution is -2.56. The summed E-state index contributed by atoms with van der Waals surface area (Å²) < 4.78 is 5.64. The van der Waals surface area contributed by atoms with Crippen LogP contribution in [0.25, 0.3) is 11.1 Å². The lowest BCUT2D eigenvalue weighted by Gasteiger charge is -2.41. The van der Waals surface area contributed by atoms with Gasteiger partial charge >= 0.3 is 12.1 Å². The minimum absolute atomic E-state index is 0.0224. The Morgan fingerprint density at radius 2 is 1.67 bits per heavy atom.